The van der Waals surface area contributed by atoms with Crippen molar-refractivity contribution >= 4 is 87.1 Å². The Morgan fingerprint density at radius 1 is 0.518 bits per heavy atom. The highest BCUT2D eigenvalue weighted by molar-refractivity contribution is 8.13. The van der Waals surface area contributed by atoms with Gasteiger partial charge in [0.25, 0.3) is 9.05 Å². The number of pyridine rings is 2. The monoisotopic (exact) mass is 1180 g/mol. The number of hydrogen-bond donors (Lipinski definition) is 6. The second-order valence-electron chi connectivity index (χ2n) is 18.4. The van der Waals surface area contributed by atoms with E-state index in [9.17, 15) is 26.4 Å². The number of nitrogens with zero attached hydrogens (tertiary/aromatic N) is 7. The molecule has 83 heavy (non-hydrogen) atoms. The van der Waals surface area contributed by atoms with Gasteiger partial charge in [-0.2, -0.15) is 0 Å². The van der Waals surface area contributed by atoms with Gasteiger partial charge in [-0.05, 0) is 150 Å². The van der Waals surface area contributed by atoms with Crippen molar-refractivity contribution in [2.45, 2.75) is 35.8 Å². The molecule has 8 N–H and O–H groups in total. The number of nitrogens with one attached hydrogen (secondary N) is 4. The van der Waals surface area contributed by atoms with Crippen LogP contribution in [0.3, 0.4) is 0 Å². The Morgan fingerprint density at radius 3 is 1.33 bits per heavy atom. The Bertz CT molecular complexity index is 3620. The van der Waals surface area contributed by atoms with Crippen molar-refractivity contribution < 1.29 is 26.4 Å². The molecule has 8 rings (SSSR count). The van der Waals surface area contributed by atoms with E-state index >= 15 is 0 Å². The van der Waals surface area contributed by atoms with Crippen LogP contribution in [0, 0.1) is 13.1 Å². The first-order valence-corrected chi connectivity index (χ1v) is 29.4. The van der Waals surface area contributed by atoms with Gasteiger partial charge in [-0.1, -0.05) is 48.5 Å². The van der Waals surface area contributed by atoms with Gasteiger partial charge in [0.1, 0.15) is 0 Å². The first-order valence-electron chi connectivity index (χ1n) is 25.4. The lowest BCUT2D eigenvalue weighted by molar-refractivity contribution is 0.251. The van der Waals surface area contributed by atoms with Crippen molar-refractivity contribution in [3.05, 3.63) is 240 Å². The van der Waals surface area contributed by atoms with Crippen LogP contribution < -0.4 is 47.4 Å². The summed E-state index contributed by atoms with van der Waals surface area (Å²) >= 11 is 0. The highest BCUT2D eigenvalue weighted by atomic mass is 35.7. The number of aryl methyl sites for hydroxylation is 1. The molecule has 0 spiro atoms. The smallest absolute Gasteiger partial charge is 0.319 e. The Morgan fingerprint density at radius 2 is 0.916 bits per heavy atom. The normalized spacial score (nSPS) is 10.2. The third-order valence-electron chi connectivity index (χ3n) is 11.5. The summed E-state index contributed by atoms with van der Waals surface area (Å²) in [4.78, 5) is 44.3. The van der Waals surface area contributed by atoms with Gasteiger partial charge in [-0.25, -0.2) is 36.1 Å². The predicted molar refractivity (Wildman–Crippen MR) is 335 cm³/mol. The summed E-state index contributed by atoms with van der Waals surface area (Å²) in [5, 5.41) is 10.7. The van der Waals surface area contributed by atoms with Gasteiger partial charge < -0.3 is 47.4 Å². The summed E-state index contributed by atoms with van der Waals surface area (Å²) in [5.41, 5.74) is 21.1. The summed E-state index contributed by atoms with van der Waals surface area (Å²) in [6.07, 6.45) is 7.03. The maximum Gasteiger partial charge on any atom is 0.319 e. The maximum atomic E-state index is 12.7. The third kappa shape index (κ3) is 24.8. The van der Waals surface area contributed by atoms with Crippen LogP contribution in [0.4, 0.5) is 55.1 Å². The first kappa shape index (κ1) is 66.0. The number of nitrogen functional groups attached to an aromatic ring is 1. The number of benzene rings is 6. The molecular weight excluding hydrogens is 1110 g/mol. The highest BCUT2D eigenvalue weighted by Crippen LogP contribution is 2.22. The van der Waals surface area contributed by atoms with E-state index in [-0.39, 0.29) is 21.6 Å². The van der Waals surface area contributed by atoms with E-state index in [0.29, 0.717) is 54.5 Å². The zero-order valence-corrected chi connectivity index (χ0v) is 49.3. The van der Waals surface area contributed by atoms with Crippen LogP contribution in [-0.2, 0) is 44.9 Å². The number of rotatable bonds is 15. The van der Waals surface area contributed by atoms with Gasteiger partial charge in [0, 0.05) is 132 Å². The molecule has 22 heteroatoms. The van der Waals surface area contributed by atoms with E-state index in [0.717, 1.165) is 28.1 Å². The number of anilines is 6. The molecule has 0 aliphatic carbocycles. The number of carbonyl (C=O) groups is 2. The average molecular weight is 1180 g/mol. The molecule has 0 saturated heterocycles. The molecule has 0 atom stereocenters. The summed E-state index contributed by atoms with van der Waals surface area (Å²) in [6, 6.07) is 48.7. The van der Waals surface area contributed by atoms with Gasteiger partial charge in [0.2, 0.25) is 0 Å². The molecule has 432 valence electrons. The quantitative estimate of drug-likeness (QED) is 0.0318. The van der Waals surface area contributed by atoms with Crippen LogP contribution in [0.25, 0.3) is 9.69 Å². The Labute approximate surface area is 492 Å². The lowest BCUT2D eigenvalue weighted by Crippen LogP contribution is -2.28. The van der Waals surface area contributed by atoms with Crippen molar-refractivity contribution in [3.63, 3.8) is 0 Å². The molecule has 4 amide bonds. The van der Waals surface area contributed by atoms with E-state index in [2.05, 4.69) is 58.0 Å². The minimum absolute atomic E-state index is 0.0169. The number of amides is 4. The van der Waals surface area contributed by atoms with E-state index in [1.807, 2.05) is 119 Å². The molecule has 0 radical (unpaired) electrons. The molecule has 8 aromatic rings. The molecule has 6 aromatic carbocycles. The fraction of sp³-hybridized carbons (Fsp3) is 0.180. The topological polar surface area (TPSA) is 247 Å². The minimum atomic E-state index is -3.76. The summed E-state index contributed by atoms with van der Waals surface area (Å²) < 4.78 is 47.6. The van der Waals surface area contributed by atoms with Crippen LogP contribution in [0.1, 0.15) is 22.3 Å². The molecule has 0 fully saturated rings. The molecule has 0 bridgehead atoms. The number of aromatic nitrogens is 2. The van der Waals surface area contributed by atoms with E-state index < -0.39 is 24.9 Å². The summed E-state index contributed by atoms with van der Waals surface area (Å²) in [6.45, 7) is 14.7. The van der Waals surface area contributed by atoms with Crippen LogP contribution in [-0.4, -0.2) is 86.9 Å². The van der Waals surface area contributed by atoms with Crippen molar-refractivity contribution in [1.82, 2.24) is 20.6 Å². The lowest BCUT2D eigenvalue weighted by Gasteiger charge is -2.13. The van der Waals surface area contributed by atoms with Crippen molar-refractivity contribution in [2.75, 3.05) is 79.1 Å². The minimum Gasteiger partial charge on any atom is -0.400 e. The number of urea groups is 2. The molecule has 0 aliphatic heterocycles. The zero-order valence-electron chi connectivity index (χ0n) is 46.9. The zero-order chi connectivity index (χ0) is 60.8. The van der Waals surface area contributed by atoms with E-state index in [1.54, 1.807) is 79.4 Å². The van der Waals surface area contributed by atoms with E-state index in [1.165, 1.54) is 47.6 Å². The molecule has 0 saturated carbocycles. The molecular formula is C61H68ClN13O6S2. The van der Waals surface area contributed by atoms with Crippen molar-refractivity contribution in [2.24, 2.45) is 5.73 Å². The van der Waals surface area contributed by atoms with Crippen LogP contribution >= 0.6 is 10.7 Å². The number of hydrogen-bond acceptors (Lipinski definition) is 13. The Hall–Kier alpha value is -9.51. The van der Waals surface area contributed by atoms with Gasteiger partial charge in [0.15, 0.2) is 21.2 Å². The number of halogens is 1. The average Bonchev–Trinajstić information content (AvgIpc) is 3.50. The first-order chi connectivity index (χ1) is 39.6. The Balaban J connectivity index is 0.000000244. The third-order valence-corrected chi connectivity index (χ3v) is 14.6. The summed E-state index contributed by atoms with van der Waals surface area (Å²) in [7, 11) is 9.88. The Kier molecular flexibility index (Phi) is 27.0. The molecule has 2 heterocycles. The molecule has 19 nitrogen and oxygen atoms in total. The van der Waals surface area contributed by atoms with E-state index in [4.69, 9.17) is 35.3 Å². The van der Waals surface area contributed by atoms with Gasteiger partial charge in [-0.15, -0.1) is 0 Å². The summed E-state index contributed by atoms with van der Waals surface area (Å²) in [5.74, 6) is 0.0169. The molecule has 0 aliphatic rings. The molecule has 0 unspecified atom stereocenters. The highest BCUT2D eigenvalue weighted by Gasteiger charge is 2.16. The largest absolute Gasteiger partial charge is 0.400 e. The maximum absolute atomic E-state index is 12.7. The van der Waals surface area contributed by atoms with Crippen LogP contribution in [0.2, 0.25) is 0 Å². The number of nitrogens with two attached hydrogens (primary N) is 2. The fourth-order valence-electron chi connectivity index (χ4n) is 6.92. The fourth-order valence-corrected chi connectivity index (χ4v) is 8.98. The SMILES string of the molecule is CN(C)c1cccc(CCS(=O)(=O)c2ccc(NC(=O)NCc3ccncc3)cc2)c1.CN(C)c1cccc(CN)c1.O=C(NCc1ccncc1)Nc1ccc(S(=O)(=O)Cl)cc1.[C-]#[N+]c1cccc(N(C)C)c1.[C-]#[N+]c1cccc(N)c1. The van der Waals surface area contributed by atoms with Crippen molar-refractivity contribution in [1.29, 1.82) is 0 Å². The number of sulfone groups is 1. The van der Waals surface area contributed by atoms with Crippen molar-refractivity contribution in [3.8, 4) is 0 Å². The second-order valence-corrected chi connectivity index (χ2v) is 23.1. The van der Waals surface area contributed by atoms with Gasteiger partial charge in [-0.3, -0.25) is 9.97 Å². The lowest BCUT2D eigenvalue weighted by atomic mass is 10.1. The molecule has 2 aromatic heterocycles. The standard InChI is InChI=1S/C23H26N4O3S.C13H12ClN3O3S.C9H10N2.C9H14N2.C7H6N2/c1-27(2)21-5-3-4-18(16-21)12-15-31(29,30)22-8-6-20(7-9-22)26-23(28)25-17-19-10-13-24-14-11-19;14-21(19,20)12-3-1-11(2-4-12)17-13(18)16-9-10-5-7-15-8-6-10;1-10-8-5-4-6-9(7-8)11(2)3;1-11(2)9-5-3-4-8(6-9)7-10;1-9-7-4-2-3-6(8)5-7/h3-11,13-14,16H,12,15,17H2,1-2H3,(H2,25,26,28);1-8H,9H2,(H2,16,17,18);4-7H,2-3H3;3-6H,7,10H2,1-2H3;2-5H,8H2. The van der Waals surface area contributed by atoms with Gasteiger partial charge >= 0.3 is 12.1 Å². The second kappa shape index (κ2) is 33.9. The predicted octanol–water partition coefficient (Wildman–Crippen LogP) is 11.2. The van der Waals surface area contributed by atoms with Crippen LogP contribution in [0.5, 0.6) is 0 Å². The van der Waals surface area contributed by atoms with Crippen LogP contribution in [0.15, 0.2) is 204 Å². The number of carbonyl (C=O) groups excluding carboxylic acids is 2. The van der Waals surface area contributed by atoms with Gasteiger partial charge in [0.05, 0.1) is 28.7 Å².